The van der Waals surface area contributed by atoms with Gasteiger partial charge in [0.2, 0.25) is 0 Å². The third kappa shape index (κ3) is 4.21. The highest BCUT2D eigenvalue weighted by Gasteiger charge is 2.13. The Morgan fingerprint density at radius 3 is 2.88 bits per heavy atom. The van der Waals surface area contributed by atoms with Crippen molar-refractivity contribution in [3.63, 3.8) is 0 Å². The van der Waals surface area contributed by atoms with Gasteiger partial charge in [-0.15, -0.1) is 0 Å². The summed E-state index contributed by atoms with van der Waals surface area (Å²) in [5, 5.41) is 3.17. The van der Waals surface area contributed by atoms with Gasteiger partial charge in [0.1, 0.15) is 5.82 Å². The molecule has 0 amide bonds. The molecule has 0 saturated heterocycles. The number of nitrogens with zero attached hydrogens (tertiary/aromatic N) is 2. The molecule has 1 N–H and O–H groups in total. The maximum atomic E-state index is 4.46. The lowest BCUT2D eigenvalue weighted by Gasteiger charge is -2.28. The zero-order valence-corrected chi connectivity index (χ0v) is 12.0. The summed E-state index contributed by atoms with van der Waals surface area (Å²) in [5.41, 5.74) is 1.28. The van der Waals surface area contributed by atoms with Gasteiger partial charge in [-0.25, -0.2) is 4.98 Å². The van der Waals surface area contributed by atoms with Crippen molar-refractivity contribution in [3.8, 4) is 0 Å². The van der Waals surface area contributed by atoms with Crippen molar-refractivity contribution in [2.75, 3.05) is 31.0 Å². The van der Waals surface area contributed by atoms with Gasteiger partial charge in [-0.3, -0.25) is 0 Å². The van der Waals surface area contributed by atoms with E-state index >= 15 is 0 Å². The van der Waals surface area contributed by atoms with E-state index in [-0.39, 0.29) is 0 Å². The molecule has 1 atom stereocenters. The van der Waals surface area contributed by atoms with Crippen LogP contribution in [-0.2, 0) is 6.54 Å². The first-order valence-corrected chi connectivity index (χ1v) is 7.43. The highest BCUT2D eigenvalue weighted by molar-refractivity contribution is 7.98. The van der Waals surface area contributed by atoms with Crippen molar-refractivity contribution in [1.82, 2.24) is 10.3 Å². The summed E-state index contributed by atoms with van der Waals surface area (Å²) in [6, 6.07) is 4.78. The van der Waals surface area contributed by atoms with Gasteiger partial charge in [-0.1, -0.05) is 6.92 Å². The molecule has 0 aliphatic heterocycles. The molecule has 17 heavy (non-hydrogen) atoms. The largest absolute Gasteiger partial charge is 0.356 e. The minimum Gasteiger partial charge on any atom is -0.356 e. The molecule has 0 saturated carbocycles. The van der Waals surface area contributed by atoms with Gasteiger partial charge in [0.25, 0.3) is 0 Å². The topological polar surface area (TPSA) is 28.2 Å². The summed E-state index contributed by atoms with van der Waals surface area (Å²) in [5.74, 6) is 2.21. The highest BCUT2D eigenvalue weighted by Crippen LogP contribution is 2.17. The third-order valence-corrected chi connectivity index (χ3v) is 3.65. The van der Waals surface area contributed by atoms with E-state index in [1.165, 1.54) is 5.56 Å². The molecule has 0 bridgehead atoms. The maximum absolute atomic E-state index is 4.46. The number of rotatable bonds is 7. The van der Waals surface area contributed by atoms with Gasteiger partial charge in [0.15, 0.2) is 0 Å². The predicted molar refractivity (Wildman–Crippen MR) is 77.9 cm³/mol. The molecule has 0 aromatic carbocycles. The van der Waals surface area contributed by atoms with Gasteiger partial charge >= 0.3 is 0 Å². The summed E-state index contributed by atoms with van der Waals surface area (Å²) in [4.78, 5) is 6.75. The smallest absolute Gasteiger partial charge is 0.128 e. The number of nitrogens with one attached hydrogen (secondary N) is 1. The Morgan fingerprint density at radius 2 is 2.29 bits per heavy atom. The molecule has 0 spiro atoms. The summed E-state index contributed by atoms with van der Waals surface area (Å²) < 4.78 is 0. The quantitative estimate of drug-likeness (QED) is 0.807. The van der Waals surface area contributed by atoms with E-state index in [1.54, 1.807) is 0 Å². The van der Waals surface area contributed by atoms with Gasteiger partial charge in [-0.05, 0) is 37.4 Å². The van der Waals surface area contributed by atoms with Crippen molar-refractivity contribution in [1.29, 1.82) is 0 Å². The molecule has 3 nitrogen and oxygen atoms in total. The first-order chi connectivity index (χ1) is 8.22. The van der Waals surface area contributed by atoms with E-state index < -0.39 is 0 Å². The van der Waals surface area contributed by atoms with E-state index in [0.29, 0.717) is 6.04 Å². The van der Waals surface area contributed by atoms with Crippen molar-refractivity contribution in [2.45, 2.75) is 25.9 Å². The van der Waals surface area contributed by atoms with Gasteiger partial charge in [0.05, 0.1) is 0 Å². The van der Waals surface area contributed by atoms with Crippen LogP contribution in [0.25, 0.3) is 0 Å². The number of anilines is 1. The summed E-state index contributed by atoms with van der Waals surface area (Å²) in [6.07, 6.45) is 5.20. The molecule has 1 aromatic heterocycles. The Bertz CT molecular complexity index is 330. The molecule has 4 heteroatoms. The second-order valence-corrected chi connectivity index (χ2v) is 5.09. The summed E-state index contributed by atoms with van der Waals surface area (Å²) in [7, 11) is 4.10. The van der Waals surface area contributed by atoms with Gasteiger partial charge in [-0.2, -0.15) is 11.8 Å². The van der Waals surface area contributed by atoms with E-state index in [1.807, 2.05) is 25.0 Å². The van der Waals surface area contributed by atoms with E-state index in [4.69, 9.17) is 0 Å². The van der Waals surface area contributed by atoms with Crippen LogP contribution in [0.5, 0.6) is 0 Å². The molecule has 0 aliphatic rings. The molecule has 1 heterocycles. The highest BCUT2D eigenvalue weighted by atomic mass is 32.2. The van der Waals surface area contributed by atoms with Crippen LogP contribution in [-0.4, -0.2) is 37.1 Å². The van der Waals surface area contributed by atoms with Crippen LogP contribution >= 0.6 is 11.8 Å². The average molecular weight is 253 g/mol. The number of thioether (sulfide) groups is 1. The Morgan fingerprint density at radius 1 is 1.53 bits per heavy atom. The number of hydrogen-bond donors (Lipinski definition) is 1. The molecule has 0 radical (unpaired) electrons. The third-order valence-electron chi connectivity index (χ3n) is 2.93. The SMILES string of the molecule is CCC(CSC)N(C)c1cc(CNC)ccn1. The van der Waals surface area contributed by atoms with Gasteiger partial charge < -0.3 is 10.2 Å². The fourth-order valence-electron chi connectivity index (χ4n) is 1.85. The minimum absolute atomic E-state index is 0.558. The first kappa shape index (κ1) is 14.3. The molecule has 1 unspecified atom stereocenters. The van der Waals surface area contributed by atoms with Crippen molar-refractivity contribution < 1.29 is 0 Å². The summed E-state index contributed by atoms with van der Waals surface area (Å²) in [6.45, 7) is 3.12. The minimum atomic E-state index is 0.558. The molecule has 1 rings (SSSR count). The lowest BCUT2D eigenvalue weighted by atomic mass is 10.2. The Hall–Kier alpha value is -0.740. The van der Waals surface area contributed by atoms with Crippen LogP contribution in [0.3, 0.4) is 0 Å². The lowest BCUT2D eigenvalue weighted by molar-refractivity contribution is 0.665. The molecule has 0 fully saturated rings. The van der Waals surface area contributed by atoms with Crippen LogP contribution in [0.15, 0.2) is 18.3 Å². The summed E-state index contributed by atoms with van der Waals surface area (Å²) >= 11 is 1.89. The monoisotopic (exact) mass is 253 g/mol. The zero-order valence-electron chi connectivity index (χ0n) is 11.2. The van der Waals surface area contributed by atoms with Gasteiger partial charge in [0, 0.05) is 31.6 Å². The lowest BCUT2D eigenvalue weighted by Crippen LogP contribution is -2.33. The second-order valence-electron chi connectivity index (χ2n) is 4.18. The van der Waals surface area contributed by atoms with E-state index in [9.17, 15) is 0 Å². The average Bonchev–Trinajstić information content (AvgIpc) is 2.36. The van der Waals surface area contributed by atoms with E-state index in [2.05, 4.69) is 47.6 Å². The van der Waals surface area contributed by atoms with Crippen LogP contribution in [0.2, 0.25) is 0 Å². The molecule has 96 valence electrons. The fraction of sp³-hybridized carbons (Fsp3) is 0.615. The van der Waals surface area contributed by atoms with Crippen LogP contribution in [0.1, 0.15) is 18.9 Å². The zero-order chi connectivity index (χ0) is 12.7. The number of aromatic nitrogens is 1. The predicted octanol–water partition coefficient (Wildman–Crippen LogP) is 2.38. The van der Waals surface area contributed by atoms with Crippen molar-refractivity contribution in [3.05, 3.63) is 23.9 Å². The van der Waals surface area contributed by atoms with E-state index in [0.717, 1.165) is 24.5 Å². The Labute approximate surface area is 109 Å². The first-order valence-electron chi connectivity index (χ1n) is 6.04. The molecular weight excluding hydrogens is 230 g/mol. The maximum Gasteiger partial charge on any atom is 0.128 e. The molecule has 0 aliphatic carbocycles. The van der Waals surface area contributed by atoms with Crippen LogP contribution in [0.4, 0.5) is 5.82 Å². The van der Waals surface area contributed by atoms with Crippen molar-refractivity contribution >= 4 is 17.6 Å². The van der Waals surface area contributed by atoms with Crippen molar-refractivity contribution in [2.24, 2.45) is 0 Å². The normalized spacial score (nSPS) is 12.5. The van der Waals surface area contributed by atoms with Crippen LogP contribution in [0, 0.1) is 0 Å². The van der Waals surface area contributed by atoms with Crippen LogP contribution < -0.4 is 10.2 Å². The Balaban J connectivity index is 2.79. The molecular formula is C13H23N3S. The number of pyridine rings is 1. The fourth-order valence-corrected chi connectivity index (χ4v) is 2.69. The number of hydrogen-bond acceptors (Lipinski definition) is 4. The standard InChI is InChI=1S/C13H23N3S/c1-5-12(10-17-4)16(3)13-8-11(9-14-2)6-7-15-13/h6-8,12,14H,5,9-10H2,1-4H3. The molecule has 1 aromatic rings. The Kier molecular flexibility index (Phi) is 6.37. The second kappa shape index (κ2) is 7.56.